The Bertz CT molecular complexity index is 700. The van der Waals surface area contributed by atoms with Crippen molar-refractivity contribution in [1.29, 1.82) is 0 Å². The Morgan fingerprint density at radius 3 is 2.53 bits per heavy atom. The topological polar surface area (TPSA) is 57.6 Å². The molecule has 1 fully saturated rings. The van der Waals surface area contributed by atoms with Gasteiger partial charge in [0, 0.05) is 31.0 Å². The summed E-state index contributed by atoms with van der Waals surface area (Å²) in [6.07, 6.45) is 0. The van der Waals surface area contributed by atoms with E-state index in [1.807, 2.05) is 30.3 Å². The maximum absolute atomic E-state index is 12.5. The SMILES string of the molecule is O=S(=O)(c1cccc2ccccc12)N1CC(CO)C1. The minimum absolute atomic E-state index is 0.0432. The Morgan fingerprint density at radius 1 is 1.11 bits per heavy atom. The number of hydrogen-bond donors (Lipinski definition) is 1. The molecule has 0 saturated carbocycles. The number of nitrogens with zero attached hydrogens (tertiary/aromatic N) is 1. The predicted octanol–water partition coefficient (Wildman–Crippen LogP) is 1.45. The highest BCUT2D eigenvalue weighted by Gasteiger charge is 2.36. The minimum Gasteiger partial charge on any atom is -0.396 e. The summed E-state index contributed by atoms with van der Waals surface area (Å²) < 4.78 is 26.5. The van der Waals surface area contributed by atoms with E-state index in [-0.39, 0.29) is 12.5 Å². The number of aliphatic hydroxyl groups excluding tert-OH is 1. The summed E-state index contributed by atoms with van der Waals surface area (Å²) in [5.41, 5.74) is 0. The molecule has 1 aliphatic rings. The average Bonchev–Trinajstić information content (AvgIpc) is 2.36. The molecule has 0 radical (unpaired) electrons. The van der Waals surface area contributed by atoms with Crippen LogP contribution >= 0.6 is 0 Å². The summed E-state index contributed by atoms with van der Waals surface area (Å²) in [7, 11) is -3.45. The van der Waals surface area contributed by atoms with Crippen molar-refractivity contribution in [3.8, 4) is 0 Å². The third-order valence-corrected chi connectivity index (χ3v) is 5.44. The number of benzene rings is 2. The van der Waals surface area contributed by atoms with Crippen molar-refractivity contribution in [2.75, 3.05) is 19.7 Å². The number of hydrogen-bond acceptors (Lipinski definition) is 3. The fourth-order valence-electron chi connectivity index (χ4n) is 2.39. The smallest absolute Gasteiger partial charge is 0.243 e. The molecule has 1 aliphatic heterocycles. The van der Waals surface area contributed by atoms with Gasteiger partial charge in [-0.3, -0.25) is 0 Å². The zero-order valence-electron chi connectivity index (χ0n) is 10.4. The van der Waals surface area contributed by atoms with E-state index in [0.717, 1.165) is 10.8 Å². The van der Waals surface area contributed by atoms with Gasteiger partial charge in [-0.15, -0.1) is 0 Å². The maximum atomic E-state index is 12.5. The highest BCUT2D eigenvalue weighted by Crippen LogP contribution is 2.29. The maximum Gasteiger partial charge on any atom is 0.243 e. The third-order valence-electron chi connectivity index (χ3n) is 3.55. The van der Waals surface area contributed by atoms with Gasteiger partial charge in [-0.25, -0.2) is 8.42 Å². The average molecular weight is 277 g/mol. The van der Waals surface area contributed by atoms with Crippen molar-refractivity contribution in [3.63, 3.8) is 0 Å². The van der Waals surface area contributed by atoms with E-state index in [2.05, 4.69) is 0 Å². The molecule has 0 aliphatic carbocycles. The molecule has 4 nitrogen and oxygen atoms in total. The molecule has 2 aromatic carbocycles. The fourth-order valence-corrected chi connectivity index (χ4v) is 4.20. The van der Waals surface area contributed by atoms with Crippen molar-refractivity contribution in [2.24, 2.45) is 5.92 Å². The van der Waals surface area contributed by atoms with E-state index in [0.29, 0.717) is 18.0 Å². The Hall–Kier alpha value is -1.43. The Kier molecular flexibility index (Phi) is 3.05. The van der Waals surface area contributed by atoms with Gasteiger partial charge in [-0.05, 0) is 11.5 Å². The molecule has 0 bridgehead atoms. The van der Waals surface area contributed by atoms with E-state index in [9.17, 15) is 8.42 Å². The summed E-state index contributed by atoms with van der Waals surface area (Å²) in [6.45, 7) is 0.853. The van der Waals surface area contributed by atoms with Gasteiger partial charge in [-0.2, -0.15) is 4.31 Å². The van der Waals surface area contributed by atoms with Crippen LogP contribution in [0.4, 0.5) is 0 Å². The first kappa shape index (κ1) is 12.6. The normalized spacial score (nSPS) is 17.5. The molecule has 0 amide bonds. The summed E-state index contributed by atoms with van der Waals surface area (Å²) >= 11 is 0. The lowest BCUT2D eigenvalue weighted by atomic mass is 10.1. The van der Waals surface area contributed by atoms with Gasteiger partial charge in [0.1, 0.15) is 0 Å². The number of rotatable bonds is 3. The summed E-state index contributed by atoms with van der Waals surface area (Å²) in [5, 5.41) is 10.7. The molecule has 1 N–H and O–H groups in total. The first-order chi connectivity index (χ1) is 9.13. The molecular formula is C14H15NO3S. The van der Waals surface area contributed by atoms with E-state index < -0.39 is 10.0 Å². The lowest BCUT2D eigenvalue weighted by Gasteiger charge is -2.37. The molecular weight excluding hydrogens is 262 g/mol. The summed E-state index contributed by atoms with van der Waals surface area (Å²) in [4.78, 5) is 0.349. The lowest BCUT2D eigenvalue weighted by Crippen LogP contribution is -2.51. The van der Waals surface area contributed by atoms with E-state index in [4.69, 9.17) is 5.11 Å². The number of fused-ring (bicyclic) bond motifs is 1. The van der Waals surface area contributed by atoms with Crippen LogP contribution in [0.1, 0.15) is 0 Å². The zero-order valence-corrected chi connectivity index (χ0v) is 11.2. The molecule has 3 rings (SSSR count). The Morgan fingerprint density at radius 2 is 1.79 bits per heavy atom. The van der Waals surface area contributed by atoms with Crippen LogP contribution in [0.5, 0.6) is 0 Å². The van der Waals surface area contributed by atoms with E-state index in [1.165, 1.54) is 4.31 Å². The standard InChI is InChI=1S/C14H15NO3S/c16-10-11-8-15(9-11)19(17,18)14-7-3-5-12-4-1-2-6-13(12)14/h1-7,11,16H,8-10H2. The van der Waals surface area contributed by atoms with Crippen molar-refractivity contribution in [2.45, 2.75) is 4.90 Å². The fraction of sp³-hybridized carbons (Fsp3) is 0.286. The number of aliphatic hydroxyl groups is 1. The molecule has 1 heterocycles. The van der Waals surface area contributed by atoms with Crippen molar-refractivity contribution >= 4 is 20.8 Å². The van der Waals surface area contributed by atoms with Crippen LogP contribution < -0.4 is 0 Å². The van der Waals surface area contributed by atoms with Gasteiger partial charge in [0.2, 0.25) is 10.0 Å². The largest absolute Gasteiger partial charge is 0.396 e. The first-order valence-electron chi connectivity index (χ1n) is 6.21. The molecule has 5 heteroatoms. The molecule has 2 aromatic rings. The molecule has 0 spiro atoms. The van der Waals surface area contributed by atoms with Crippen molar-refractivity contribution in [3.05, 3.63) is 42.5 Å². The van der Waals surface area contributed by atoms with Gasteiger partial charge in [-0.1, -0.05) is 36.4 Å². The highest BCUT2D eigenvalue weighted by molar-refractivity contribution is 7.89. The van der Waals surface area contributed by atoms with Gasteiger partial charge >= 0.3 is 0 Å². The molecule has 0 unspecified atom stereocenters. The third kappa shape index (κ3) is 2.04. The van der Waals surface area contributed by atoms with Crippen LogP contribution in [0.25, 0.3) is 10.8 Å². The van der Waals surface area contributed by atoms with Gasteiger partial charge in [0.25, 0.3) is 0 Å². The van der Waals surface area contributed by atoms with Crippen LogP contribution in [0.2, 0.25) is 0 Å². The quantitative estimate of drug-likeness (QED) is 0.924. The van der Waals surface area contributed by atoms with Gasteiger partial charge in [0.15, 0.2) is 0 Å². The van der Waals surface area contributed by atoms with Crippen LogP contribution in [0.3, 0.4) is 0 Å². The second-order valence-electron chi connectivity index (χ2n) is 4.85. The predicted molar refractivity (Wildman–Crippen MR) is 73.3 cm³/mol. The molecule has 100 valence electrons. The van der Waals surface area contributed by atoms with Crippen LogP contribution in [-0.4, -0.2) is 37.5 Å². The van der Waals surface area contributed by atoms with Gasteiger partial charge < -0.3 is 5.11 Å². The number of sulfonamides is 1. The van der Waals surface area contributed by atoms with Crippen molar-refractivity contribution < 1.29 is 13.5 Å². The molecule has 19 heavy (non-hydrogen) atoms. The van der Waals surface area contributed by atoms with Crippen LogP contribution in [0, 0.1) is 5.92 Å². The van der Waals surface area contributed by atoms with E-state index >= 15 is 0 Å². The van der Waals surface area contributed by atoms with Gasteiger partial charge in [0.05, 0.1) is 4.90 Å². The monoisotopic (exact) mass is 277 g/mol. The summed E-state index contributed by atoms with van der Waals surface area (Å²) in [6, 6.07) is 12.8. The Balaban J connectivity index is 2.05. The lowest BCUT2D eigenvalue weighted by molar-refractivity contribution is 0.117. The molecule has 1 saturated heterocycles. The minimum atomic E-state index is -3.45. The van der Waals surface area contributed by atoms with Crippen molar-refractivity contribution in [1.82, 2.24) is 4.31 Å². The Labute approximate surface area is 112 Å². The molecule has 0 atom stereocenters. The van der Waals surface area contributed by atoms with Crippen LogP contribution in [-0.2, 0) is 10.0 Å². The first-order valence-corrected chi connectivity index (χ1v) is 7.65. The zero-order chi connectivity index (χ0) is 13.5. The highest BCUT2D eigenvalue weighted by atomic mass is 32.2. The second kappa shape index (κ2) is 4.59. The molecule has 0 aromatic heterocycles. The van der Waals surface area contributed by atoms with E-state index in [1.54, 1.807) is 12.1 Å². The second-order valence-corrected chi connectivity index (χ2v) is 6.75. The van der Waals surface area contributed by atoms with Crippen LogP contribution in [0.15, 0.2) is 47.4 Å². The summed E-state index contributed by atoms with van der Waals surface area (Å²) in [5.74, 6) is 0.0738.